The van der Waals surface area contributed by atoms with Gasteiger partial charge >= 0.3 is 0 Å². The molecule has 0 atom stereocenters. The van der Waals surface area contributed by atoms with Gasteiger partial charge in [0.1, 0.15) is 11.3 Å². The van der Waals surface area contributed by atoms with Gasteiger partial charge in [0.15, 0.2) is 0 Å². The lowest BCUT2D eigenvalue weighted by Crippen LogP contribution is -2.04. The van der Waals surface area contributed by atoms with Crippen molar-refractivity contribution in [1.29, 1.82) is 5.41 Å². The Hall–Kier alpha value is -2.26. The number of furan rings is 1. The first kappa shape index (κ1) is 12.8. The molecule has 20 heavy (non-hydrogen) atoms. The summed E-state index contributed by atoms with van der Waals surface area (Å²) < 4.78 is 5.83. The average Bonchev–Trinajstić information content (AvgIpc) is 2.81. The summed E-state index contributed by atoms with van der Waals surface area (Å²) in [5.74, 6) is 1.19. The van der Waals surface area contributed by atoms with Crippen LogP contribution in [0.25, 0.3) is 22.3 Å². The van der Waals surface area contributed by atoms with Crippen LogP contribution in [-0.2, 0) is 0 Å². The minimum absolute atomic E-state index is 0.405. The summed E-state index contributed by atoms with van der Waals surface area (Å²) in [4.78, 5) is 0. The number of rotatable bonds is 2. The zero-order valence-corrected chi connectivity index (χ0v) is 11.7. The number of halogens is 1. The molecule has 0 saturated heterocycles. The van der Waals surface area contributed by atoms with Crippen molar-refractivity contribution in [1.82, 2.24) is 0 Å². The third-order valence-electron chi connectivity index (χ3n) is 2.96. The van der Waals surface area contributed by atoms with E-state index in [0.29, 0.717) is 10.9 Å². The van der Waals surface area contributed by atoms with Crippen molar-refractivity contribution in [2.75, 3.05) is 5.32 Å². The molecule has 3 rings (SSSR count). The quantitative estimate of drug-likeness (QED) is 0.504. The Balaban J connectivity index is 2.04. The molecule has 100 valence electrons. The van der Waals surface area contributed by atoms with Gasteiger partial charge in [0.2, 0.25) is 0 Å². The Morgan fingerprint density at radius 3 is 2.75 bits per heavy atom. The second-order valence-electron chi connectivity index (χ2n) is 4.62. The number of benzene rings is 2. The van der Waals surface area contributed by atoms with Crippen LogP contribution < -0.4 is 5.32 Å². The van der Waals surface area contributed by atoms with E-state index >= 15 is 0 Å². The van der Waals surface area contributed by atoms with Gasteiger partial charge in [-0.2, -0.15) is 0 Å². The molecule has 3 nitrogen and oxygen atoms in total. The summed E-state index contributed by atoms with van der Waals surface area (Å²) in [7, 11) is 0. The van der Waals surface area contributed by atoms with E-state index in [9.17, 15) is 0 Å². The molecule has 0 radical (unpaired) electrons. The van der Waals surface area contributed by atoms with Crippen molar-refractivity contribution < 1.29 is 4.42 Å². The molecule has 0 spiro atoms. The average molecular weight is 285 g/mol. The lowest BCUT2D eigenvalue weighted by Gasteiger charge is -2.02. The van der Waals surface area contributed by atoms with Crippen molar-refractivity contribution in [3.8, 4) is 11.3 Å². The lowest BCUT2D eigenvalue weighted by atomic mass is 10.1. The second kappa shape index (κ2) is 5.02. The maximum atomic E-state index is 7.45. The molecule has 2 aromatic carbocycles. The van der Waals surface area contributed by atoms with Crippen molar-refractivity contribution in [3.05, 3.63) is 53.6 Å². The standard InChI is InChI=1S/C16H13ClN2O/c1-10(18)19-14-5-6-15-12(8-14)9-16(20-15)11-3-2-4-13(17)7-11/h2-9H,1H3,(H2,18,19). The molecule has 0 amide bonds. The van der Waals surface area contributed by atoms with Crippen molar-refractivity contribution in [2.24, 2.45) is 0 Å². The Morgan fingerprint density at radius 2 is 2.00 bits per heavy atom. The van der Waals surface area contributed by atoms with Crippen LogP contribution >= 0.6 is 11.6 Å². The fourth-order valence-electron chi connectivity index (χ4n) is 2.12. The topological polar surface area (TPSA) is 49.0 Å². The van der Waals surface area contributed by atoms with E-state index in [2.05, 4.69) is 5.32 Å². The SMILES string of the molecule is CC(=N)Nc1ccc2oc(-c3cccc(Cl)c3)cc2c1. The minimum atomic E-state index is 0.405. The number of hydrogen-bond donors (Lipinski definition) is 2. The first-order valence-corrected chi connectivity index (χ1v) is 6.61. The van der Waals surface area contributed by atoms with E-state index in [1.807, 2.05) is 48.5 Å². The molecule has 0 saturated carbocycles. The van der Waals surface area contributed by atoms with E-state index < -0.39 is 0 Å². The van der Waals surface area contributed by atoms with Crippen LogP contribution in [0.3, 0.4) is 0 Å². The Morgan fingerprint density at radius 1 is 1.15 bits per heavy atom. The first-order chi connectivity index (χ1) is 9.61. The third kappa shape index (κ3) is 2.53. The number of nitrogens with one attached hydrogen (secondary N) is 2. The summed E-state index contributed by atoms with van der Waals surface area (Å²) in [6, 6.07) is 15.3. The summed E-state index contributed by atoms with van der Waals surface area (Å²) in [6.45, 7) is 1.71. The van der Waals surface area contributed by atoms with Gasteiger partial charge in [-0.05, 0) is 43.3 Å². The molecular weight excluding hydrogens is 272 g/mol. The van der Waals surface area contributed by atoms with E-state index in [0.717, 1.165) is 28.0 Å². The number of amidine groups is 1. The molecule has 0 unspecified atom stereocenters. The van der Waals surface area contributed by atoms with Gasteiger partial charge in [-0.1, -0.05) is 23.7 Å². The van der Waals surface area contributed by atoms with E-state index in [1.54, 1.807) is 6.92 Å². The van der Waals surface area contributed by atoms with Crippen LogP contribution in [0, 0.1) is 5.41 Å². The fourth-order valence-corrected chi connectivity index (χ4v) is 2.31. The molecule has 1 aromatic heterocycles. The highest BCUT2D eigenvalue weighted by Gasteiger charge is 2.07. The van der Waals surface area contributed by atoms with Crippen molar-refractivity contribution >= 4 is 34.1 Å². The summed E-state index contributed by atoms with van der Waals surface area (Å²) in [6.07, 6.45) is 0. The van der Waals surface area contributed by atoms with E-state index in [4.69, 9.17) is 21.4 Å². The Kier molecular flexibility index (Phi) is 3.20. The van der Waals surface area contributed by atoms with E-state index in [-0.39, 0.29) is 0 Å². The second-order valence-corrected chi connectivity index (χ2v) is 5.06. The highest BCUT2D eigenvalue weighted by Crippen LogP contribution is 2.30. The van der Waals surface area contributed by atoms with Crippen LogP contribution in [0.2, 0.25) is 5.02 Å². The number of fused-ring (bicyclic) bond motifs is 1. The van der Waals surface area contributed by atoms with Gasteiger partial charge < -0.3 is 9.73 Å². The van der Waals surface area contributed by atoms with Crippen LogP contribution in [0.15, 0.2) is 52.9 Å². The number of anilines is 1. The van der Waals surface area contributed by atoms with Crippen molar-refractivity contribution in [2.45, 2.75) is 6.92 Å². The summed E-state index contributed by atoms with van der Waals surface area (Å²) >= 11 is 6.00. The Bertz CT molecular complexity index is 792. The molecule has 4 heteroatoms. The molecular formula is C16H13ClN2O. The smallest absolute Gasteiger partial charge is 0.135 e. The highest BCUT2D eigenvalue weighted by molar-refractivity contribution is 6.30. The van der Waals surface area contributed by atoms with Gasteiger partial charge in [-0.15, -0.1) is 0 Å². The highest BCUT2D eigenvalue weighted by atomic mass is 35.5. The third-order valence-corrected chi connectivity index (χ3v) is 3.19. The van der Waals surface area contributed by atoms with Gasteiger partial charge in [0.05, 0.1) is 5.84 Å². The number of hydrogen-bond acceptors (Lipinski definition) is 2. The minimum Gasteiger partial charge on any atom is -0.456 e. The zero-order chi connectivity index (χ0) is 14.1. The molecule has 2 N–H and O–H groups in total. The molecule has 3 aromatic rings. The predicted octanol–water partition coefficient (Wildman–Crippen LogP) is 5.16. The monoisotopic (exact) mass is 284 g/mol. The molecule has 0 aliphatic carbocycles. The van der Waals surface area contributed by atoms with Gasteiger partial charge in [-0.3, -0.25) is 5.41 Å². The maximum absolute atomic E-state index is 7.45. The predicted molar refractivity (Wildman–Crippen MR) is 83.7 cm³/mol. The van der Waals surface area contributed by atoms with Gasteiger partial charge in [0, 0.05) is 21.7 Å². The molecule has 0 aliphatic rings. The maximum Gasteiger partial charge on any atom is 0.135 e. The first-order valence-electron chi connectivity index (χ1n) is 6.23. The fraction of sp³-hybridized carbons (Fsp3) is 0.0625. The van der Waals surface area contributed by atoms with Gasteiger partial charge in [0.25, 0.3) is 0 Å². The normalized spacial score (nSPS) is 10.7. The van der Waals surface area contributed by atoms with Gasteiger partial charge in [-0.25, -0.2) is 0 Å². The van der Waals surface area contributed by atoms with Crippen LogP contribution in [0.4, 0.5) is 5.69 Å². The summed E-state index contributed by atoms with van der Waals surface area (Å²) in [5.41, 5.74) is 2.64. The zero-order valence-electron chi connectivity index (χ0n) is 10.9. The molecule has 0 fully saturated rings. The van der Waals surface area contributed by atoms with Crippen LogP contribution in [0.1, 0.15) is 6.92 Å². The van der Waals surface area contributed by atoms with E-state index in [1.165, 1.54) is 0 Å². The Labute approximate surface area is 121 Å². The van der Waals surface area contributed by atoms with Crippen molar-refractivity contribution in [3.63, 3.8) is 0 Å². The van der Waals surface area contributed by atoms with Crippen LogP contribution in [0.5, 0.6) is 0 Å². The molecule has 0 bridgehead atoms. The molecule has 0 aliphatic heterocycles. The summed E-state index contributed by atoms with van der Waals surface area (Å²) in [5, 5.41) is 12.1. The lowest BCUT2D eigenvalue weighted by molar-refractivity contribution is 0.631. The van der Waals surface area contributed by atoms with Crippen LogP contribution in [-0.4, -0.2) is 5.84 Å². The molecule has 1 heterocycles. The largest absolute Gasteiger partial charge is 0.456 e.